The van der Waals surface area contributed by atoms with Crippen molar-refractivity contribution in [1.29, 1.82) is 0 Å². The molecule has 1 atom stereocenters. The first-order valence-electron chi connectivity index (χ1n) is 10.5. The lowest BCUT2D eigenvalue weighted by atomic mass is 9.68. The van der Waals surface area contributed by atoms with Gasteiger partial charge in [-0.2, -0.15) is 13.2 Å². The van der Waals surface area contributed by atoms with Crippen LogP contribution in [0.25, 0.3) is 0 Å². The Morgan fingerprint density at radius 2 is 1.91 bits per heavy atom. The van der Waals surface area contributed by atoms with E-state index >= 15 is 0 Å². The fourth-order valence-corrected chi connectivity index (χ4v) is 4.52. The van der Waals surface area contributed by atoms with Gasteiger partial charge in [0.25, 0.3) is 0 Å². The summed E-state index contributed by atoms with van der Waals surface area (Å²) in [7, 11) is 2.67. The van der Waals surface area contributed by atoms with Crippen molar-refractivity contribution in [2.45, 2.75) is 52.3 Å². The van der Waals surface area contributed by atoms with Crippen LogP contribution in [0.2, 0.25) is 0 Å². The molecule has 33 heavy (non-hydrogen) atoms. The predicted octanol–water partition coefficient (Wildman–Crippen LogP) is 4.55. The van der Waals surface area contributed by atoms with E-state index in [1.54, 1.807) is 25.1 Å². The number of alkyl halides is 3. The van der Waals surface area contributed by atoms with E-state index in [-0.39, 0.29) is 23.4 Å². The second-order valence-electron chi connectivity index (χ2n) is 9.10. The number of rotatable bonds is 6. The van der Waals surface area contributed by atoms with Gasteiger partial charge < -0.3 is 19.5 Å². The number of methoxy groups -OCH3 is 2. The number of nitrogens with one attached hydrogen (secondary N) is 1. The number of hydrogen-bond acceptors (Lipinski definition) is 6. The Morgan fingerprint density at radius 1 is 1.21 bits per heavy atom. The number of ether oxygens (including phenoxy) is 3. The smallest absolute Gasteiger partial charge is 0.411 e. The lowest BCUT2D eigenvalue weighted by molar-refractivity contribution is -0.176. The SMILES string of the molecule is COC(=O)C1=C(C)NC2=C(C(=O)CC(C)(C)C2)[C@@H]1c1ccc(OC)c(COCC(F)(F)F)c1. The number of carbonyl (C=O) groups is 2. The van der Waals surface area contributed by atoms with Crippen molar-refractivity contribution in [3.05, 3.63) is 51.9 Å². The summed E-state index contributed by atoms with van der Waals surface area (Å²) in [6.07, 6.45) is -3.53. The highest BCUT2D eigenvalue weighted by Gasteiger charge is 2.43. The average Bonchev–Trinajstić information content (AvgIpc) is 2.70. The molecule has 0 radical (unpaired) electrons. The lowest BCUT2D eigenvalue weighted by Crippen LogP contribution is -2.38. The van der Waals surface area contributed by atoms with Gasteiger partial charge in [-0.1, -0.05) is 19.9 Å². The van der Waals surface area contributed by atoms with Gasteiger partial charge in [0.2, 0.25) is 0 Å². The molecule has 0 saturated heterocycles. The summed E-state index contributed by atoms with van der Waals surface area (Å²) in [6.45, 7) is 4.01. The molecule has 0 fully saturated rings. The molecule has 0 amide bonds. The zero-order valence-corrected chi connectivity index (χ0v) is 19.3. The molecule has 0 spiro atoms. The zero-order chi connectivity index (χ0) is 24.6. The standard InChI is InChI=1S/C24H28F3NO5/c1-13-19(22(30)32-5)20(21-16(28-13)9-23(2,3)10-17(21)29)14-6-7-18(31-4)15(8-14)11-33-12-24(25,26)27/h6-8,20,28H,9-12H2,1-5H3/t20-/m1/s1. The number of benzene rings is 1. The van der Waals surface area contributed by atoms with Gasteiger partial charge >= 0.3 is 12.1 Å². The molecule has 1 aliphatic carbocycles. The van der Waals surface area contributed by atoms with E-state index in [1.165, 1.54) is 14.2 Å². The van der Waals surface area contributed by atoms with E-state index in [0.717, 1.165) is 5.70 Å². The molecule has 1 N–H and O–H groups in total. The minimum Gasteiger partial charge on any atom is -0.496 e. The molecular weight excluding hydrogens is 439 g/mol. The van der Waals surface area contributed by atoms with E-state index in [2.05, 4.69) is 5.32 Å². The van der Waals surface area contributed by atoms with E-state index in [1.807, 2.05) is 13.8 Å². The fourth-order valence-electron chi connectivity index (χ4n) is 4.52. The van der Waals surface area contributed by atoms with Gasteiger partial charge in [0.15, 0.2) is 5.78 Å². The zero-order valence-electron chi connectivity index (χ0n) is 19.3. The number of esters is 1. The van der Waals surface area contributed by atoms with Crippen LogP contribution < -0.4 is 10.1 Å². The first-order valence-corrected chi connectivity index (χ1v) is 10.5. The van der Waals surface area contributed by atoms with Crippen LogP contribution in [0.4, 0.5) is 13.2 Å². The average molecular weight is 467 g/mol. The molecule has 180 valence electrons. The number of ketones is 1. The number of halogens is 3. The summed E-state index contributed by atoms with van der Waals surface area (Å²) in [5, 5.41) is 3.22. The largest absolute Gasteiger partial charge is 0.496 e. The number of carbonyl (C=O) groups excluding carboxylic acids is 2. The van der Waals surface area contributed by atoms with Crippen molar-refractivity contribution in [3.63, 3.8) is 0 Å². The Kier molecular flexibility index (Phi) is 6.93. The molecule has 3 rings (SSSR count). The van der Waals surface area contributed by atoms with Crippen molar-refractivity contribution in [2.24, 2.45) is 5.41 Å². The summed E-state index contributed by atoms with van der Waals surface area (Å²) < 4.78 is 52.8. The number of dihydropyridines is 1. The molecule has 0 unspecified atom stereocenters. The number of hydrogen-bond donors (Lipinski definition) is 1. The molecule has 0 aromatic heterocycles. The summed E-state index contributed by atoms with van der Waals surface area (Å²) in [5.41, 5.74) is 2.80. The van der Waals surface area contributed by atoms with E-state index < -0.39 is 24.7 Å². The normalized spacial score (nSPS) is 20.4. The number of Topliss-reactive ketones (excluding diaryl/α,β-unsaturated/α-hetero) is 1. The van der Waals surface area contributed by atoms with Gasteiger partial charge in [-0.15, -0.1) is 0 Å². The van der Waals surface area contributed by atoms with Crippen LogP contribution in [-0.4, -0.2) is 38.8 Å². The van der Waals surface area contributed by atoms with E-state index in [0.29, 0.717) is 41.0 Å². The van der Waals surface area contributed by atoms with Crippen LogP contribution in [0.3, 0.4) is 0 Å². The van der Waals surface area contributed by atoms with Gasteiger partial charge in [0, 0.05) is 34.9 Å². The molecule has 1 heterocycles. The fraction of sp³-hybridized carbons (Fsp3) is 0.500. The molecular formula is C24H28F3NO5. The first-order chi connectivity index (χ1) is 15.4. The number of allylic oxidation sites excluding steroid dienone is 3. The second kappa shape index (κ2) is 9.21. The molecule has 6 nitrogen and oxygen atoms in total. The quantitative estimate of drug-likeness (QED) is 0.619. The van der Waals surface area contributed by atoms with Crippen molar-refractivity contribution < 1.29 is 37.0 Å². The van der Waals surface area contributed by atoms with Crippen LogP contribution in [0.1, 0.15) is 50.7 Å². The van der Waals surface area contributed by atoms with Crippen LogP contribution in [0, 0.1) is 5.41 Å². The van der Waals surface area contributed by atoms with Crippen molar-refractivity contribution in [2.75, 3.05) is 20.8 Å². The van der Waals surface area contributed by atoms with Crippen molar-refractivity contribution in [1.82, 2.24) is 5.32 Å². The maximum absolute atomic E-state index is 13.2. The lowest BCUT2D eigenvalue weighted by Gasteiger charge is -2.39. The third-order valence-corrected chi connectivity index (χ3v) is 5.81. The van der Waals surface area contributed by atoms with E-state index in [4.69, 9.17) is 14.2 Å². The highest BCUT2D eigenvalue weighted by molar-refractivity contribution is 6.04. The Hall–Kier alpha value is -2.81. The molecule has 1 aliphatic heterocycles. The minimum absolute atomic E-state index is 0.0849. The molecule has 0 saturated carbocycles. The van der Waals surface area contributed by atoms with E-state index in [9.17, 15) is 22.8 Å². The summed E-state index contributed by atoms with van der Waals surface area (Å²) in [6, 6.07) is 4.93. The van der Waals surface area contributed by atoms with Crippen LogP contribution in [0.5, 0.6) is 5.75 Å². The minimum atomic E-state index is -4.46. The molecule has 0 bridgehead atoms. The van der Waals surface area contributed by atoms with Gasteiger partial charge in [-0.05, 0) is 36.5 Å². The molecule has 1 aromatic rings. The maximum Gasteiger partial charge on any atom is 0.411 e. The summed E-state index contributed by atoms with van der Waals surface area (Å²) >= 11 is 0. The second-order valence-corrected chi connectivity index (χ2v) is 9.10. The summed E-state index contributed by atoms with van der Waals surface area (Å²) in [4.78, 5) is 26.0. The Balaban J connectivity index is 2.10. The van der Waals surface area contributed by atoms with Crippen LogP contribution >= 0.6 is 0 Å². The van der Waals surface area contributed by atoms with Crippen LogP contribution in [0.15, 0.2) is 40.7 Å². The molecule has 2 aliphatic rings. The Labute approximate surface area is 190 Å². The third-order valence-electron chi connectivity index (χ3n) is 5.81. The third kappa shape index (κ3) is 5.40. The summed E-state index contributed by atoms with van der Waals surface area (Å²) in [5.74, 6) is -1.04. The molecule has 9 heteroatoms. The highest BCUT2D eigenvalue weighted by Crippen LogP contribution is 2.47. The Morgan fingerprint density at radius 3 is 2.52 bits per heavy atom. The van der Waals surface area contributed by atoms with Gasteiger partial charge in [-0.3, -0.25) is 4.79 Å². The van der Waals surface area contributed by atoms with Gasteiger partial charge in [0.1, 0.15) is 12.4 Å². The topological polar surface area (TPSA) is 73.9 Å². The van der Waals surface area contributed by atoms with Crippen molar-refractivity contribution >= 4 is 11.8 Å². The monoisotopic (exact) mass is 467 g/mol. The predicted molar refractivity (Wildman–Crippen MR) is 114 cm³/mol. The molecule has 1 aromatic carbocycles. The Bertz CT molecular complexity index is 1020. The van der Waals surface area contributed by atoms with Crippen LogP contribution in [-0.2, 0) is 25.7 Å². The highest BCUT2D eigenvalue weighted by atomic mass is 19.4. The van der Waals surface area contributed by atoms with Gasteiger partial charge in [0.05, 0.1) is 26.4 Å². The van der Waals surface area contributed by atoms with Gasteiger partial charge in [-0.25, -0.2) is 4.79 Å². The first kappa shape index (κ1) is 24.8. The van der Waals surface area contributed by atoms with Crippen molar-refractivity contribution in [3.8, 4) is 5.75 Å². The maximum atomic E-state index is 13.2.